The van der Waals surface area contributed by atoms with Gasteiger partial charge >= 0.3 is 0 Å². The van der Waals surface area contributed by atoms with Crippen LogP contribution in [-0.4, -0.2) is 38.0 Å². The first-order valence-electron chi connectivity index (χ1n) is 10.8. The Morgan fingerprint density at radius 2 is 2.00 bits per heavy atom. The van der Waals surface area contributed by atoms with E-state index in [9.17, 15) is 9.18 Å². The number of aryl methyl sites for hydroxylation is 1. The number of unbranched alkanes of at least 4 members (excludes halogenated alkanes) is 1. The van der Waals surface area contributed by atoms with Gasteiger partial charge in [-0.25, -0.2) is 14.4 Å². The van der Waals surface area contributed by atoms with E-state index >= 15 is 0 Å². The Labute approximate surface area is 199 Å². The molecule has 0 spiro atoms. The van der Waals surface area contributed by atoms with Crippen LogP contribution in [-0.2, 0) is 6.67 Å². The van der Waals surface area contributed by atoms with Crippen molar-refractivity contribution < 1.29 is 18.7 Å². The van der Waals surface area contributed by atoms with Crippen LogP contribution in [0.5, 0.6) is 17.4 Å². The number of hydrogen-bond acceptors (Lipinski definition) is 5. The summed E-state index contributed by atoms with van der Waals surface area (Å²) in [5.41, 5.74) is 2.08. The van der Waals surface area contributed by atoms with Crippen molar-refractivity contribution in [1.29, 1.82) is 0 Å². The van der Waals surface area contributed by atoms with Gasteiger partial charge in [0.15, 0.2) is 11.6 Å². The molecule has 9 heteroatoms. The van der Waals surface area contributed by atoms with Gasteiger partial charge in [-0.1, -0.05) is 13.3 Å². The molecular weight excluding hydrogens is 447 g/mol. The third-order valence-electron chi connectivity index (χ3n) is 5.21. The van der Waals surface area contributed by atoms with Crippen molar-refractivity contribution >= 4 is 18.3 Å². The highest BCUT2D eigenvalue weighted by Crippen LogP contribution is 2.33. The molecule has 33 heavy (non-hydrogen) atoms. The van der Waals surface area contributed by atoms with Gasteiger partial charge in [0.2, 0.25) is 11.7 Å². The molecule has 0 fully saturated rings. The highest BCUT2D eigenvalue weighted by molar-refractivity contribution is 5.94. The number of fused-ring (bicyclic) bond motifs is 1. The number of amides is 1. The first kappa shape index (κ1) is 24.5. The van der Waals surface area contributed by atoms with Crippen LogP contribution in [0.15, 0.2) is 36.5 Å². The number of halogens is 2. The molecule has 0 bridgehead atoms. The Balaban J connectivity index is 0.00000306. The summed E-state index contributed by atoms with van der Waals surface area (Å²) in [6.07, 6.45) is 3.52. The second-order valence-corrected chi connectivity index (χ2v) is 8.11. The summed E-state index contributed by atoms with van der Waals surface area (Å²) < 4.78 is 27.9. The van der Waals surface area contributed by atoms with Crippen LogP contribution in [0.2, 0.25) is 0 Å². The van der Waals surface area contributed by atoms with Crippen molar-refractivity contribution in [3.05, 3.63) is 53.9 Å². The number of ether oxygens (including phenoxy) is 2. The fourth-order valence-corrected chi connectivity index (χ4v) is 3.75. The highest BCUT2D eigenvalue weighted by Gasteiger charge is 2.32. The van der Waals surface area contributed by atoms with Crippen molar-refractivity contribution in [3.8, 4) is 28.6 Å². The Kier molecular flexibility index (Phi) is 7.58. The molecule has 176 valence electrons. The maximum atomic E-state index is 14.9. The van der Waals surface area contributed by atoms with Crippen LogP contribution < -0.4 is 9.47 Å². The highest BCUT2D eigenvalue weighted by atomic mass is 35.5. The lowest BCUT2D eigenvalue weighted by atomic mass is 10.1. The van der Waals surface area contributed by atoms with Gasteiger partial charge in [-0.15, -0.1) is 12.4 Å². The van der Waals surface area contributed by atoms with E-state index in [4.69, 9.17) is 9.47 Å². The van der Waals surface area contributed by atoms with Gasteiger partial charge in [-0.2, -0.15) is 0 Å². The number of hydrogen-bond donors (Lipinski definition) is 0. The molecule has 0 unspecified atom stereocenters. The molecule has 1 aliphatic rings. The number of carbonyl (C=O) groups is 1. The molecule has 0 saturated carbocycles. The van der Waals surface area contributed by atoms with E-state index < -0.39 is 5.82 Å². The number of pyridine rings is 1. The average molecular weight is 475 g/mol. The monoisotopic (exact) mass is 474 g/mol. The number of aromatic nitrogens is 3. The number of nitrogens with zero attached hydrogens (tertiary/aromatic N) is 4. The van der Waals surface area contributed by atoms with Crippen LogP contribution in [0.25, 0.3) is 11.3 Å². The van der Waals surface area contributed by atoms with E-state index in [2.05, 4.69) is 16.9 Å². The van der Waals surface area contributed by atoms with Crippen molar-refractivity contribution in [3.63, 3.8) is 0 Å². The zero-order valence-corrected chi connectivity index (χ0v) is 20.0. The Bertz CT molecular complexity index is 1130. The molecule has 0 saturated heterocycles. The van der Waals surface area contributed by atoms with E-state index in [1.165, 1.54) is 6.07 Å². The van der Waals surface area contributed by atoms with E-state index in [1.54, 1.807) is 35.4 Å². The van der Waals surface area contributed by atoms with E-state index in [0.717, 1.165) is 18.5 Å². The molecule has 1 aromatic carbocycles. The Morgan fingerprint density at radius 1 is 1.21 bits per heavy atom. The van der Waals surface area contributed by atoms with Gasteiger partial charge < -0.3 is 18.9 Å². The van der Waals surface area contributed by atoms with Crippen molar-refractivity contribution in [2.45, 2.75) is 53.3 Å². The van der Waals surface area contributed by atoms with E-state index in [-0.39, 0.29) is 36.0 Å². The van der Waals surface area contributed by atoms with Crippen LogP contribution >= 0.6 is 12.4 Å². The first-order chi connectivity index (χ1) is 15.4. The topological polar surface area (TPSA) is 69.5 Å². The van der Waals surface area contributed by atoms with Gasteiger partial charge in [-0.3, -0.25) is 4.79 Å². The zero-order chi connectivity index (χ0) is 22.8. The fraction of sp³-hybridized carbons (Fsp3) is 0.375. The SMILES string of the molecule is CCCCN1Cn2c(nc(C)c2-c2ccc(Oc3ccc(OC(C)C)cn3)c(F)c2)C1=O.Cl. The third-order valence-corrected chi connectivity index (χ3v) is 5.21. The van der Waals surface area contributed by atoms with Crippen molar-refractivity contribution in [1.82, 2.24) is 19.4 Å². The molecule has 0 N–H and O–H groups in total. The zero-order valence-electron chi connectivity index (χ0n) is 19.2. The van der Waals surface area contributed by atoms with E-state index in [1.807, 2.05) is 25.3 Å². The summed E-state index contributed by atoms with van der Waals surface area (Å²) in [4.78, 5) is 23.0. The fourth-order valence-electron chi connectivity index (χ4n) is 3.75. The minimum atomic E-state index is -0.520. The predicted molar refractivity (Wildman–Crippen MR) is 126 cm³/mol. The van der Waals surface area contributed by atoms with Crippen LogP contribution in [0.3, 0.4) is 0 Å². The number of rotatable bonds is 8. The number of imidazole rings is 1. The number of benzene rings is 1. The largest absolute Gasteiger partial charge is 0.489 e. The molecule has 4 rings (SSSR count). The minimum absolute atomic E-state index is 0. The van der Waals surface area contributed by atoms with E-state index in [0.29, 0.717) is 36.0 Å². The summed E-state index contributed by atoms with van der Waals surface area (Å²) in [7, 11) is 0. The molecule has 0 atom stereocenters. The Morgan fingerprint density at radius 3 is 2.64 bits per heavy atom. The molecule has 3 heterocycles. The van der Waals surface area contributed by atoms with Gasteiger partial charge in [0, 0.05) is 18.2 Å². The van der Waals surface area contributed by atoms with Gasteiger partial charge in [0.1, 0.15) is 5.75 Å². The third kappa shape index (κ3) is 5.11. The quantitative estimate of drug-likeness (QED) is 0.424. The Hall–Kier alpha value is -3.13. The van der Waals surface area contributed by atoms with Crippen molar-refractivity contribution in [2.24, 2.45) is 0 Å². The summed E-state index contributed by atoms with van der Waals surface area (Å²) in [6.45, 7) is 8.89. The summed E-state index contributed by atoms with van der Waals surface area (Å²) >= 11 is 0. The predicted octanol–water partition coefficient (Wildman–Crippen LogP) is 5.61. The second kappa shape index (κ2) is 10.2. The molecule has 2 aromatic heterocycles. The standard InChI is InChI=1S/C24H27FN4O3.ClH/c1-5-6-11-28-14-29-22(16(4)27-23(29)24(28)30)17-7-9-20(19(25)12-17)32-21-10-8-18(13-26-21)31-15(2)3;/h7-10,12-13,15H,5-6,11,14H2,1-4H3;1H. The first-order valence-corrected chi connectivity index (χ1v) is 10.8. The molecule has 0 aliphatic carbocycles. The maximum Gasteiger partial charge on any atom is 0.291 e. The lowest BCUT2D eigenvalue weighted by Crippen LogP contribution is -2.26. The van der Waals surface area contributed by atoms with Crippen LogP contribution in [0, 0.1) is 12.7 Å². The smallest absolute Gasteiger partial charge is 0.291 e. The van der Waals surface area contributed by atoms with Gasteiger partial charge in [0.25, 0.3) is 5.91 Å². The number of carbonyl (C=O) groups excluding carboxylic acids is 1. The maximum absolute atomic E-state index is 14.9. The molecule has 1 aliphatic heterocycles. The molecule has 0 radical (unpaired) electrons. The average Bonchev–Trinajstić information content (AvgIpc) is 3.23. The van der Waals surface area contributed by atoms with Crippen molar-refractivity contribution in [2.75, 3.05) is 6.54 Å². The molecular formula is C24H28ClFN4O3. The van der Waals surface area contributed by atoms with Gasteiger partial charge in [0.05, 0.1) is 30.4 Å². The summed E-state index contributed by atoms with van der Waals surface area (Å²) in [5.74, 6) is 0.765. The lowest BCUT2D eigenvalue weighted by Gasteiger charge is -2.16. The van der Waals surface area contributed by atoms with Crippen LogP contribution in [0.4, 0.5) is 4.39 Å². The normalized spacial score (nSPS) is 12.7. The lowest BCUT2D eigenvalue weighted by molar-refractivity contribution is 0.0763. The van der Waals surface area contributed by atoms with Gasteiger partial charge in [-0.05, 0) is 51.5 Å². The second-order valence-electron chi connectivity index (χ2n) is 8.11. The molecule has 7 nitrogen and oxygen atoms in total. The minimum Gasteiger partial charge on any atom is -0.489 e. The summed E-state index contributed by atoms with van der Waals surface area (Å²) in [6, 6.07) is 8.10. The summed E-state index contributed by atoms with van der Waals surface area (Å²) in [5, 5.41) is 0. The van der Waals surface area contributed by atoms with Crippen LogP contribution in [0.1, 0.15) is 49.9 Å². The molecule has 1 amide bonds. The molecule has 3 aromatic rings.